The smallest absolute Gasteiger partial charge is 0.341 e. The first-order chi connectivity index (χ1) is 9.27. The molecule has 4 nitrogen and oxygen atoms in total. The lowest BCUT2D eigenvalue weighted by Gasteiger charge is -2.07. The molecule has 0 saturated heterocycles. The predicted molar refractivity (Wildman–Crippen MR) is 74.3 cm³/mol. The Morgan fingerprint density at radius 1 is 1.35 bits per heavy atom. The number of unbranched alkanes of at least 4 members (excludes halogenated alkanes) is 2. The molecule has 112 valence electrons. The van der Waals surface area contributed by atoms with Crippen molar-refractivity contribution in [3.63, 3.8) is 0 Å². The third-order valence-electron chi connectivity index (χ3n) is 2.49. The molecule has 0 fully saturated rings. The largest absolute Gasteiger partial charge is 0.462 e. The van der Waals surface area contributed by atoms with Gasteiger partial charge in [-0.25, -0.2) is 17.6 Å². The molecule has 0 bridgehead atoms. The van der Waals surface area contributed by atoms with Gasteiger partial charge in [0.2, 0.25) is 0 Å². The van der Waals surface area contributed by atoms with Gasteiger partial charge in [0.1, 0.15) is 10.7 Å². The van der Waals surface area contributed by atoms with Crippen LogP contribution in [0.4, 0.5) is 4.39 Å². The van der Waals surface area contributed by atoms with Crippen LogP contribution in [0.1, 0.15) is 36.5 Å². The van der Waals surface area contributed by atoms with Crippen molar-refractivity contribution in [3.8, 4) is 0 Å². The molecule has 0 atom stereocenters. The van der Waals surface area contributed by atoms with Crippen molar-refractivity contribution in [1.82, 2.24) is 0 Å². The van der Waals surface area contributed by atoms with Crippen molar-refractivity contribution in [3.05, 3.63) is 28.5 Å². The van der Waals surface area contributed by atoms with Crippen LogP contribution in [-0.2, 0) is 13.8 Å². The van der Waals surface area contributed by atoms with Crippen molar-refractivity contribution in [2.45, 2.75) is 31.1 Å². The van der Waals surface area contributed by atoms with Gasteiger partial charge in [-0.05, 0) is 18.6 Å². The second kappa shape index (κ2) is 7.24. The Kier molecular flexibility index (Phi) is 6.23. The zero-order valence-electron chi connectivity index (χ0n) is 10.7. The van der Waals surface area contributed by atoms with Crippen LogP contribution in [0.2, 0.25) is 5.02 Å². The summed E-state index contributed by atoms with van der Waals surface area (Å²) in [6.45, 7) is 2.12. The van der Waals surface area contributed by atoms with Crippen LogP contribution in [-0.4, -0.2) is 21.0 Å². The van der Waals surface area contributed by atoms with Gasteiger partial charge in [0.25, 0.3) is 9.05 Å². The maximum Gasteiger partial charge on any atom is 0.341 e. The first kappa shape index (κ1) is 17.2. The Morgan fingerprint density at radius 2 is 2.00 bits per heavy atom. The molecule has 0 heterocycles. The molecule has 0 aliphatic heterocycles. The molecule has 0 aliphatic carbocycles. The molecule has 0 N–H and O–H groups in total. The first-order valence-corrected chi connectivity index (χ1v) is 8.57. The van der Waals surface area contributed by atoms with E-state index in [1.54, 1.807) is 0 Å². The highest BCUT2D eigenvalue weighted by atomic mass is 35.7. The normalized spacial score (nSPS) is 11.4. The minimum absolute atomic E-state index is 0.137. The minimum atomic E-state index is -4.17. The van der Waals surface area contributed by atoms with Gasteiger partial charge >= 0.3 is 5.97 Å². The topological polar surface area (TPSA) is 60.4 Å². The SMILES string of the molecule is CCCCCOC(=O)c1cc(S(=O)(=O)Cl)c(Cl)cc1F. The molecule has 8 heteroatoms. The highest BCUT2D eigenvalue weighted by Crippen LogP contribution is 2.28. The number of esters is 1. The summed E-state index contributed by atoms with van der Waals surface area (Å²) in [6, 6.07) is 1.50. The molecule has 1 rings (SSSR count). The lowest BCUT2D eigenvalue weighted by molar-refractivity contribution is 0.0492. The molecule has 1 aromatic carbocycles. The van der Waals surface area contributed by atoms with Crippen molar-refractivity contribution >= 4 is 37.3 Å². The Morgan fingerprint density at radius 3 is 2.55 bits per heavy atom. The lowest BCUT2D eigenvalue weighted by atomic mass is 10.2. The van der Waals surface area contributed by atoms with Crippen LogP contribution in [0.3, 0.4) is 0 Å². The van der Waals surface area contributed by atoms with Gasteiger partial charge in [-0.2, -0.15) is 0 Å². The van der Waals surface area contributed by atoms with Gasteiger partial charge in [-0.15, -0.1) is 0 Å². The van der Waals surface area contributed by atoms with Gasteiger partial charge < -0.3 is 4.74 Å². The molecule has 1 aromatic rings. The number of benzene rings is 1. The van der Waals surface area contributed by atoms with Crippen LogP contribution in [0.5, 0.6) is 0 Å². The minimum Gasteiger partial charge on any atom is -0.462 e. The summed E-state index contributed by atoms with van der Waals surface area (Å²) in [6.07, 6.45) is 2.47. The number of carbonyl (C=O) groups excluding carboxylic acids is 1. The molecular formula is C12H13Cl2FO4S. The van der Waals surface area contributed by atoms with Gasteiger partial charge in [-0.1, -0.05) is 31.4 Å². The lowest BCUT2D eigenvalue weighted by Crippen LogP contribution is -2.10. The fourth-order valence-corrected chi connectivity index (χ4v) is 2.97. The Labute approximate surface area is 126 Å². The van der Waals surface area contributed by atoms with Gasteiger partial charge in [0.05, 0.1) is 17.2 Å². The molecular weight excluding hydrogens is 330 g/mol. The number of halogens is 3. The van der Waals surface area contributed by atoms with Gasteiger partial charge in [0, 0.05) is 10.7 Å². The fraction of sp³-hybridized carbons (Fsp3) is 0.417. The molecule has 0 aromatic heterocycles. The van der Waals surface area contributed by atoms with Crippen molar-refractivity contribution in [2.75, 3.05) is 6.61 Å². The maximum absolute atomic E-state index is 13.6. The predicted octanol–water partition coefficient (Wildman–Crippen LogP) is 3.75. The third kappa shape index (κ3) is 4.61. The van der Waals surface area contributed by atoms with E-state index < -0.39 is 31.3 Å². The maximum atomic E-state index is 13.6. The van der Waals surface area contributed by atoms with Crippen LogP contribution in [0.25, 0.3) is 0 Å². The Balaban J connectivity index is 2.98. The molecule has 0 amide bonds. The highest BCUT2D eigenvalue weighted by molar-refractivity contribution is 8.13. The number of ether oxygens (including phenoxy) is 1. The summed E-state index contributed by atoms with van der Waals surface area (Å²) < 4.78 is 41.0. The first-order valence-electron chi connectivity index (χ1n) is 5.88. The molecule has 0 radical (unpaired) electrons. The average Bonchev–Trinajstić information content (AvgIpc) is 2.32. The van der Waals surface area contributed by atoms with Crippen molar-refractivity contribution < 1.29 is 22.3 Å². The summed E-state index contributed by atoms with van der Waals surface area (Å²) in [5.74, 6) is -1.91. The van der Waals surface area contributed by atoms with Crippen molar-refractivity contribution in [1.29, 1.82) is 0 Å². The van der Waals surface area contributed by atoms with E-state index in [9.17, 15) is 17.6 Å². The number of hydrogen-bond donors (Lipinski definition) is 0. The van der Waals surface area contributed by atoms with E-state index in [-0.39, 0.29) is 11.6 Å². The van der Waals surface area contributed by atoms with Gasteiger partial charge in [0.15, 0.2) is 0 Å². The van der Waals surface area contributed by atoms with E-state index in [4.69, 9.17) is 27.0 Å². The molecule has 0 aliphatic rings. The van der Waals surface area contributed by atoms with Crippen LogP contribution in [0.15, 0.2) is 17.0 Å². The highest BCUT2D eigenvalue weighted by Gasteiger charge is 2.22. The van der Waals surface area contributed by atoms with Gasteiger partial charge in [-0.3, -0.25) is 0 Å². The fourth-order valence-electron chi connectivity index (χ4n) is 1.47. The second-order valence-electron chi connectivity index (χ2n) is 4.04. The average molecular weight is 343 g/mol. The zero-order valence-corrected chi connectivity index (χ0v) is 13.0. The van der Waals surface area contributed by atoms with E-state index in [1.807, 2.05) is 6.92 Å². The summed E-state index contributed by atoms with van der Waals surface area (Å²) >= 11 is 5.58. The van der Waals surface area contributed by atoms with Crippen LogP contribution >= 0.6 is 22.3 Å². The Hall–Kier alpha value is -0.850. The number of carbonyl (C=O) groups is 1. The molecule has 0 saturated carbocycles. The standard InChI is InChI=1S/C12H13Cl2FO4S/c1-2-3-4-5-19-12(16)8-6-11(20(14,17)18)9(13)7-10(8)15/h6-7H,2-5H2,1H3. The van der Waals surface area contributed by atoms with E-state index in [2.05, 4.69) is 0 Å². The summed E-state index contributed by atoms with van der Waals surface area (Å²) in [5.41, 5.74) is -0.509. The monoisotopic (exact) mass is 342 g/mol. The number of hydrogen-bond acceptors (Lipinski definition) is 4. The zero-order chi connectivity index (χ0) is 15.3. The number of rotatable bonds is 6. The van der Waals surface area contributed by atoms with E-state index in [0.29, 0.717) is 6.42 Å². The summed E-state index contributed by atoms with van der Waals surface area (Å²) in [5, 5.41) is -0.389. The molecule has 20 heavy (non-hydrogen) atoms. The second-order valence-corrected chi connectivity index (χ2v) is 6.98. The van der Waals surface area contributed by atoms with Crippen LogP contribution < -0.4 is 0 Å². The summed E-state index contributed by atoms with van der Waals surface area (Å²) in [4.78, 5) is 11.2. The Bertz CT molecular complexity index is 602. The molecule has 0 spiro atoms. The van der Waals surface area contributed by atoms with E-state index in [1.165, 1.54) is 0 Å². The van der Waals surface area contributed by atoms with Crippen LogP contribution in [0, 0.1) is 5.82 Å². The van der Waals surface area contributed by atoms with E-state index >= 15 is 0 Å². The van der Waals surface area contributed by atoms with E-state index in [0.717, 1.165) is 25.0 Å². The molecule has 0 unspecified atom stereocenters. The summed E-state index contributed by atoms with van der Waals surface area (Å²) in [7, 11) is 0.982. The quantitative estimate of drug-likeness (QED) is 0.448. The third-order valence-corrected chi connectivity index (χ3v) is 4.27. The van der Waals surface area contributed by atoms with Crippen molar-refractivity contribution in [2.24, 2.45) is 0 Å².